The maximum Gasteiger partial charge on any atom is 0.319 e. The number of benzene rings is 1. The van der Waals surface area contributed by atoms with Crippen LogP contribution in [0.25, 0.3) is 0 Å². The predicted octanol–water partition coefficient (Wildman–Crippen LogP) is 3.16. The minimum atomic E-state index is -0.156. The second-order valence-electron chi connectivity index (χ2n) is 5.67. The number of nitrogens with one attached hydrogen (secondary N) is 2. The largest absolute Gasteiger partial charge is 0.381 e. The number of ether oxygens (including phenoxy) is 2. The Hall–Kier alpha value is -1.59. The van der Waals surface area contributed by atoms with E-state index in [-0.39, 0.29) is 12.1 Å². The Kier molecular flexibility index (Phi) is 6.68. The third kappa shape index (κ3) is 5.31. The number of urea groups is 1. The molecule has 0 unspecified atom stereocenters. The summed E-state index contributed by atoms with van der Waals surface area (Å²) in [6.45, 7) is 6.91. The topological polar surface area (TPSA) is 59.6 Å². The van der Waals surface area contributed by atoms with Crippen LogP contribution in [0.4, 0.5) is 10.5 Å². The van der Waals surface area contributed by atoms with Gasteiger partial charge in [0.1, 0.15) is 0 Å². The highest BCUT2D eigenvalue weighted by atomic mass is 16.5. The average Bonchev–Trinajstić information content (AvgIpc) is 2.55. The summed E-state index contributed by atoms with van der Waals surface area (Å²) in [4.78, 5) is 12.0. The summed E-state index contributed by atoms with van der Waals surface area (Å²) in [5.41, 5.74) is 1.89. The van der Waals surface area contributed by atoms with Gasteiger partial charge in [-0.3, -0.25) is 0 Å². The van der Waals surface area contributed by atoms with E-state index in [9.17, 15) is 4.79 Å². The molecule has 5 heteroatoms. The van der Waals surface area contributed by atoms with Gasteiger partial charge in [0.15, 0.2) is 0 Å². The lowest BCUT2D eigenvalue weighted by Crippen LogP contribution is -2.42. The quantitative estimate of drug-likeness (QED) is 0.848. The summed E-state index contributed by atoms with van der Waals surface area (Å²) >= 11 is 0. The van der Waals surface area contributed by atoms with Crippen molar-refractivity contribution in [3.63, 3.8) is 0 Å². The van der Waals surface area contributed by atoms with Gasteiger partial charge in [-0.25, -0.2) is 4.79 Å². The lowest BCUT2D eigenvalue weighted by Gasteiger charge is -2.28. The van der Waals surface area contributed by atoms with Crippen LogP contribution in [0.2, 0.25) is 0 Å². The second kappa shape index (κ2) is 8.76. The Bertz CT molecular complexity index is 455. The van der Waals surface area contributed by atoms with Crippen LogP contribution in [-0.2, 0) is 16.1 Å². The van der Waals surface area contributed by atoms with Gasteiger partial charge in [-0.2, -0.15) is 0 Å². The molecule has 2 rings (SSSR count). The molecule has 122 valence electrons. The van der Waals surface area contributed by atoms with Gasteiger partial charge in [0.25, 0.3) is 0 Å². The minimum absolute atomic E-state index is 0.154. The summed E-state index contributed by atoms with van der Waals surface area (Å²) < 4.78 is 10.7. The smallest absolute Gasteiger partial charge is 0.319 e. The summed E-state index contributed by atoms with van der Waals surface area (Å²) in [5.74, 6) is 0.494. The van der Waals surface area contributed by atoms with Crippen LogP contribution in [0.3, 0.4) is 0 Å². The molecule has 5 nitrogen and oxygen atoms in total. The molecule has 1 aliphatic rings. The molecule has 1 fully saturated rings. The van der Waals surface area contributed by atoms with Gasteiger partial charge in [0.05, 0.1) is 6.61 Å². The maximum absolute atomic E-state index is 12.0. The Labute approximate surface area is 132 Å². The van der Waals surface area contributed by atoms with E-state index in [4.69, 9.17) is 9.47 Å². The fourth-order valence-corrected chi connectivity index (χ4v) is 2.61. The van der Waals surface area contributed by atoms with E-state index in [1.165, 1.54) is 0 Å². The Balaban J connectivity index is 1.78. The monoisotopic (exact) mass is 306 g/mol. The van der Waals surface area contributed by atoms with E-state index in [0.29, 0.717) is 19.1 Å². The molecule has 0 radical (unpaired) electrons. The third-order valence-electron chi connectivity index (χ3n) is 4.02. The van der Waals surface area contributed by atoms with Crippen molar-refractivity contribution in [2.75, 3.05) is 25.1 Å². The SMILES string of the molecule is CCOCc1ccc(NC(=O)N[C@@H](C)C2CCOCC2)cc1. The molecule has 0 spiro atoms. The van der Waals surface area contributed by atoms with Crippen LogP contribution in [0, 0.1) is 5.92 Å². The van der Waals surface area contributed by atoms with Gasteiger partial charge in [0.2, 0.25) is 0 Å². The van der Waals surface area contributed by atoms with Crippen molar-refractivity contribution in [2.24, 2.45) is 5.92 Å². The van der Waals surface area contributed by atoms with Gasteiger partial charge in [0, 0.05) is 31.5 Å². The van der Waals surface area contributed by atoms with Gasteiger partial charge in [-0.1, -0.05) is 12.1 Å². The zero-order valence-electron chi connectivity index (χ0n) is 13.4. The van der Waals surface area contributed by atoms with E-state index in [1.807, 2.05) is 31.2 Å². The van der Waals surface area contributed by atoms with Gasteiger partial charge in [-0.05, 0) is 50.3 Å². The van der Waals surface area contributed by atoms with Crippen molar-refractivity contribution in [2.45, 2.75) is 39.3 Å². The zero-order valence-corrected chi connectivity index (χ0v) is 13.4. The standard InChI is InChI=1S/C17H26N2O3/c1-3-21-12-14-4-6-16(7-5-14)19-17(20)18-13(2)15-8-10-22-11-9-15/h4-7,13,15H,3,8-12H2,1-2H3,(H2,18,19,20)/t13-/m0/s1. The Morgan fingerprint density at radius 3 is 2.64 bits per heavy atom. The van der Waals surface area contributed by atoms with Crippen molar-refractivity contribution in [1.29, 1.82) is 0 Å². The first-order valence-electron chi connectivity index (χ1n) is 8.01. The van der Waals surface area contributed by atoms with Crippen molar-refractivity contribution in [1.82, 2.24) is 5.32 Å². The highest BCUT2D eigenvalue weighted by molar-refractivity contribution is 5.89. The van der Waals surface area contributed by atoms with Crippen molar-refractivity contribution < 1.29 is 14.3 Å². The average molecular weight is 306 g/mol. The van der Waals surface area contributed by atoms with E-state index >= 15 is 0 Å². The van der Waals surface area contributed by atoms with Crippen LogP contribution in [0.5, 0.6) is 0 Å². The third-order valence-corrected chi connectivity index (χ3v) is 4.02. The second-order valence-corrected chi connectivity index (χ2v) is 5.67. The Morgan fingerprint density at radius 2 is 2.00 bits per heavy atom. The summed E-state index contributed by atoms with van der Waals surface area (Å²) in [6, 6.07) is 7.72. The molecule has 1 aromatic carbocycles. The summed E-state index contributed by atoms with van der Waals surface area (Å²) in [6.07, 6.45) is 2.02. The molecular formula is C17H26N2O3. The fourth-order valence-electron chi connectivity index (χ4n) is 2.61. The molecule has 1 saturated heterocycles. The van der Waals surface area contributed by atoms with Gasteiger partial charge >= 0.3 is 6.03 Å². The van der Waals surface area contributed by atoms with Crippen LogP contribution < -0.4 is 10.6 Å². The lowest BCUT2D eigenvalue weighted by atomic mass is 9.93. The highest BCUT2D eigenvalue weighted by Crippen LogP contribution is 2.18. The predicted molar refractivity (Wildman–Crippen MR) is 86.9 cm³/mol. The van der Waals surface area contributed by atoms with Crippen LogP contribution >= 0.6 is 0 Å². The molecular weight excluding hydrogens is 280 g/mol. The molecule has 2 N–H and O–H groups in total. The molecule has 1 heterocycles. The first-order chi connectivity index (χ1) is 10.7. The van der Waals surface area contributed by atoms with Crippen LogP contribution in [0.1, 0.15) is 32.3 Å². The van der Waals surface area contributed by atoms with Gasteiger partial charge in [-0.15, -0.1) is 0 Å². The van der Waals surface area contributed by atoms with Gasteiger partial charge < -0.3 is 20.1 Å². The molecule has 1 atom stereocenters. The number of rotatable bonds is 6. The van der Waals surface area contributed by atoms with Crippen LogP contribution in [0.15, 0.2) is 24.3 Å². The summed E-state index contributed by atoms with van der Waals surface area (Å²) in [7, 11) is 0. The number of carbonyl (C=O) groups excluding carboxylic acids is 1. The number of anilines is 1. The normalized spacial score (nSPS) is 17.0. The molecule has 0 aromatic heterocycles. The lowest BCUT2D eigenvalue weighted by molar-refractivity contribution is 0.0573. The minimum Gasteiger partial charge on any atom is -0.381 e. The number of hydrogen-bond donors (Lipinski definition) is 2. The maximum atomic E-state index is 12.0. The fraction of sp³-hybridized carbons (Fsp3) is 0.588. The van der Waals surface area contributed by atoms with Crippen LogP contribution in [-0.4, -0.2) is 31.9 Å². The molecule has 1 aliphatic heterocycles. The molecule has 0 aliphatic carbocycles. The molecule has 22 heavy (non-hydrogen) atoms. The van der Waals surface area contributed by atoms with E-state index in [0.717, 1.165) is 37.3 Å². The van der Waals surface area contributed by atoms with E-state index in [1.54, 1.807) is 0 Å². The van der Waals surface area contributed by atoms with Crippen molar-refractivity contribution in [3.8, 4) is 0 Å². The molecule has 0 bridgehead atoms. The number of hydrogen-bond acceptors (Lipinski definition) is 3. The first-order valence-corrected chi connectivity index (χ1v) is 8.01. The molecule has 1 aromatic rings. The molecule has 2 amide bonds. The number of carbonyl (C=O) groups is 1. The molecule has 0 saturated carbocycles. The van der Waals surface area contributed by atoms with Crippen molar-refractivity contribution in [3.05, 3.63) is 29.8 Å². The highest BCUT2D eigenvalue weighted by Gasteiger charge is 2.21. The van der Waals surface area contributed by atoms with Crippen molar-refractivity contribution >= 4 is 11.7 Å². The van der Waals surface area contributed by atoms with E-state index in [2.05, 4.69) is 17.6 Å². The first kappa shape index (κ1) is 16.8. The number of amides is 2. The summed E-state index contributed by atoms with van der Waals surface area (Å²) in [5, 5.41) is 5.89. The zero-order chi connectivity index (χ0) is 15.8. The Morgan fingerprint density at radius 1 is 1.32 bits per heavy atom. The van der Waals surface area contributed by atoms with E-state index < -0.39 is 0 Å².